The first-order valence-electron chi connectivity index (χ1n) is 6.94. The van der Waals surface area contributed by atoms with Crippen LogP contribution in [-0.4, -0.2) is 9.91 Å². The molecule has 112 valence electrons. The second-order valence-electron chi connectivity index (χ2n) is 4.92. The van der Waals surface area contributed by atoms with E-state index in [4.69, 9.17) is 0 Å². The number of aromatic nitrogens is 1. The maximum atomic E-state index is 11.1. The number of pyridine rings is 1. The summed E-state index contributed by atoms with van der Waals surface area (Å²) in [5, 5.41) is 24.3. The molecule has 0 unspecified atom stereocenters. The van der Waals surface area contributed by atoms with Crippen molar-refractivity contribution in [1.82, 2.24) is 4.98 Å². The Balaban J connectivity index is 2.00. The summed E-state index contributed by atoms with van der Waals surface area (Å²) in [5.74, 6) is 0. The predicted octanol–water partition coefficient (Wildman–Crippen LogP) is 3.63. The van der Waals surface area contributed by atoms with Gasteiger partial charge in [0, 0.05) is 29.8 Å². The highest BCUT2D eigenvalue weighted by molar-refractivity contribution is 5.93. The number of hydrogen-bond acceptors (Lipinski definition) is 5. The number of fused-ring (bicyclic) bond motifs is 1. The molecule has 6 nitrogen and oxygen atoms in total. The largest absolute Gasteiger partial charge is 0.379 e. The van der Waals surface area contributed by atoms with Gasteiger partial charge in [0.05, 0.1) is 21.7 Å². The van der Waals surface area contributed by atoms with Crippen molar-refractivity contribution in [2.45, 2.75) is 6.54 Å². The first-order chi connectivity index (χ1) is 11.2. The van der Waals surface area contributed by atoms with E-state index in [2.05, 4.69) is 16.4 Å². The minimum atomic E-state index is -0.410. The van der Waals surface area contributed by atoms with Gasteiger partial charge in [-0.3, -0.25) is 15.1 Å². The van der Waals surface area contributed by atoms with E-state index in [1.807, 2.05) is 24.3 Å². The minimum Gasteiger partial charge on any atom is -0.379 e. The van der Waals surface area contributed by atoms with Crippen LogP contribution in [-0.2, 0) is 6.54 Å². The predicted molar refractivity (Wildman–Crippen MR) is 86.9 cm³/mol. The van der Waals surface area contributed by atoms with E-state index in [9.17, 15) is 15.4 Å². The Hall–Kier alpha value is -3.46. The topological polar surface area (TPSA) is 91.8 Å². The van der Waals surface area contributed by atoms with E-state index in [1.54, 1.807) is 18.2 Å². The molecule has 0 saturated carbocycles. The fourth-order valence-electron chi connectivity index (χ4n) is 2.44. The molecule has 0 spiro atoms. The molecule has 2 aromatic carbocycles. The zero-order valence-corrected chi connectivity index (χ0v) is 12.1. The van der Waals surface area contributed by atoms with Crippen LogP contribution in [0.3, 0.4) is 0 Å². The summed E-state index contributed by atoms with van der Waals surface area (Å²) in [7, 11) is 0. The highest BCUT2D eigenvalue weighted by Crippen LogP contribution is 2.27. The summed E-state index contributed by atoms with van der Waals surface area (Å²) >= 11 is 0. The zero-order chi connectivity index (χ0) is 16.2. The van der Waals surface area contributed by atoms with Crippen LogP contribution in [0, 0.1) is 21.4 Å². The van der Waals surface area contributed by atoms with E-state index in [0.29, 0.717) is 16.8 Å². The molecule has 0 atom stereocenters. The molecule has 0 radical (unpaired) electrons. The Kier molecular flexibility index (Phi) is 3.85. The van der Waals surface area contributed by atoms with E-state index in [-0.39, 0.29) is 12.2 Å². The molecule has 0 fully saturated rings. The minimum absolute atomic E-state index is 0.0527. The van der Waals surface area contributed by atoms with Gasteiger partial charge in [0.15, 0.2) is 0 Å². The Labute approximate surface area is 132 Å². The van der Waals surface area contributed by atoms with Gasteiger partial charge in [0.1, 0.15) is 6.07 Å². The van der Waals surface area contributed by atoms with E-state index in [0.717, 1.165) is 10.9 Å². The number of rotatable bonds is 4. The highest BCUT2D eigenvalue weighted by atomic mass is 16.6. The fraction of sp³-hybridized carbons (Fsp3) is 0.0588. The highest BCUT2D eigenvalue weighted by Gasteiger charge is 2.14. The van der Waals surface area contributed by atoms with Crippen LogP contribution in [0.15, 0.2) is 54.7 Å². The number of nitro benzene ring substituents is 1. The Morgan fingerprint density at radius 3 is 2.70 bits per heavy atom. The summed E-state index contributed by atoms with van der Waals surface area (Å²) in [5.41, 5.74) is 2.41. The second-order valence-corrected chi connectivity index (χ2v) is 4.92. The van der Waals surface area contributed by atoms with Crippen LogP contribution in [0.25, 0.3) is 10.9 Å². The zero-order valence-electron chi connectivity index (χ0n) is 12.1. The summed E-state index contributed by atoms with van der Waals surface area (Å²) in [4.78, 5) is 14.9. The summed E-state index contributed by atoms with van der Waals surface area (Å²) in [6.45, 7) is 0.250. The van der Waals surface area contributed by atoms with Crippen molar-refractivity contribution in [3.8, 4) is 6.07 Å². The molecule has 1 heterocycles. The molecule has 6 heteroatoms. The molecule has 0 amide bonds. The van der Waals surface area contributed by atoms with E-state index < -0.39 is 4.92 Å². The number of nitro groups is 1. The molecule has 3 rings (SSSR count). The molecule has 1 N–H and O–H groups in total. The maximum Gasteiger partial charge on any atom is 0.274 e. The van der Waals surface area contributed by atoms with Crippen molar-refractivity contribution in [1.29, 1.82) is 5.26 Å². The summed E-state index contributed by atoms with van der Waals surface area (Å²) in [6, 6.07) is 16.1. The Morgan fingerprint density at radius 2 is 1.91 bits per heavy atom. The van der Waals surface area contributed by atoms with E-state index >= 15 is 0 Å². The van der Waals surface area contributed by atoms with Gasteiger partial charge in [0.25, 0.3) is 5.69 Å². The standard InChI is InChI=1S/C17H12N4O2/c18-9-13-11-19-15-7-3-2-6-14(15)17(13)20-10-12-5-1-4-8-16(12)21(22)23/h1-8,11H,10H2,(H,19,20). The molecule has 23 heavy (non-hydrogen) atoms. The molecule has 1 aromatic heterocycles. The average Bonchev–Trinajstić information content (AvgIpc) is 2.59. The van der Waals surface area contributed by atoms with Gasteiger partial charge in [0.2, 0.25) is 0 Å². The lowest BCUT2D eigenvalue weighted by atomic mass is 10.1. The second kappa shape index (κ2) is 6.12. The van der Waals surface area contributed by atoms with Crippen LogP contribution in [0.2, 0.25) is 0 Å². The summed E-state index contributed by atoms with van der Waals surface area (Å²) in [6.07, 6.45) is 1.50. The van der Waals surface area contributed by atoms with Crippen molar-refractivity contribution in [2.24, 2.45) is 0 Å². The van der Waals surface area contributed by atoms with Crippen LogP contribution >= 0.6 is 0 Å². The quantitative estimate of drug-likeness (QED) is 0.587. The number of nitrogens with one attached hydrogen (secondary N) is 1. The number of hydrogen-bond donors (Lipinski definition) is 1. The monoisotopic (exact) mass is 304 g/mol. The molecule has 0 aliphatic carbocycles. The lowest BCUT2D eigenvalue weighted by molar-refractivity contribution is -0.385. The Bertz CT molecular complexity index is 931. The number of nitriles is 1. The molecule has 0 bridgehead atoms. The third-order valence-corrected chi connectivity index (χ3v) is 3.54. The van der Waals surface area contributed by atoms with Gasteiger partial charge in [-0.15, -0.1) is 0 Å². The number of anilines is 1. The van der Waals surface area contributed by atoms with Gasteiger partial charge in [-0.1, -0.05) is 36.4 Å². The Morgan fingerprint density at radius 1 is 1.17 bits per heavy atom. The molecular weight excluding hydrogens is 292 g/mol. The summed E-state index contributed by atoms with van der Waals surface area (Å²) < 4.78 is 0. The fourth-order valence-corrected chi connectivity index (χ4v) is 2.44. The van der Waals surface area contributed by atoms with Crippen molar-refractivity contribution in [2.75, 3.05) is 5.32 Å². The number of nitrogens with zero attached hydrogens (tertiary/aromatic N) is 3. The molecule has 0 aliphatic heterocycles. The van der Waals surface area contributed by atoms with Crippen molar-refractivity contribution in [3.05, 3.63) is 76.0 Å². The van der Waals surface area contributed by atoms with Crippen molar-refractivity contribution < 1.29 is 4.92 Å². The number of para-hydroxylation sites is 2. The van der Waals surface area contributed by atoms with Gasteiger partial charge in [-0.05, 0) is 6.07 Å². The van der Waals surface area contributed by atoms with Gasteiger partial charge in [-0.25, -0.2) is 0 Å². The van der Waals surface area contributed by atoms with Crippen molar-refractivity contribution >= 4 is 22.3 Å². The SMILES string of the molecule is N#Cc1cnc2ccccc2c1NCc1ccccc1[N+](=O)[O-]. The van der Waals surface area contributed by atoms with Crippen LogP contribution < -0.4 is 5.32 Å². The first-order valence-corrected chi connectivity index (χ1v) is 6.94. The van der Waals surface area contributed by atoms with Crippen LogP contribution in [0.5, 0.6) is 0 Å². The maximum absolute atomic E-state index is 11.1. The van der Waals surface area contributed by atoms with Crippen LogP contribution in [0.1, 0.15) is 11.1 Å². The van der Waals surface area contributed by atoms with E-state index in [1.165, 1.54) is 12.3 Å². The lowest BCUT2D eigenvalue weighted by Gasteiger charge is -2.11. The average molecular weight is 304 g/mol. The molecule has 0 aliphatic rings. The molecular formula is C17H12N4O2. The van der Waals surface area contributed by atoms with Gasteiger partial charge >= 0.3 is 0 Å². The number of benzene rings is 2. The van der Waals surface area contributed by atoms with Crippen molar-refractivity contribution in [3.63, 3.8) is 0 Å². The normalized spacial score (nSPS) is 10.2. The van der Waals surface area contributed by atoms with Gasteiger partial charge in [-0.2, -0.15) is 5.26 Å². The lowest BCUT2D eigenvalue weighted by Crippen LogP contribution is -2.05. The molecule has 0 saturated heterocycles. The third-order valence-electron chi connectivity index (χ3n) is 3.54. The molecule has 3 aromatic rings. The third kappa shape index (κ3) is 2.80. The van der Waals surface area contributed by atoms with Gasteiger partial charge < -0.3 is 5.32 Å². The smallest absolute Gasteiger partial charge is 0.274 e. The van der Waals surface area contributed by atoms with Crippen LogP contribution in [0.4, 0.5) is 11.4 Å². The first kappa shape index (κ1) is 14.5.